The van der Waals surface area contributed by atoms with Gasteiger partial charge in [0.25, 0.3) is 0 Å². The highest BCUT2D eigenvalue weighted by Gasteiger charge is 2.24. The van der Waals surface area contributed by atoms with Gasteiger partial charge in [-0.3, -0.25) is 4.79 Å². The summed E-state index contributed by atoms with van der Waals surface area (Å²) in [5, 5.41) is 0. The Labute approximate surface area is 175 Å². The van der Waals surface area contributed by atoms with Crippen LogP contribution in [-0.2, 0) is 16.0 Å². The number of methoxy groups -OCH3 is 4. The Morgan fingerprint density at radius 3 is 1.59 bits per heavy atom. The van der Waals surface area contributed by atoms with Gasteiger partial charge in [-0.05, 0) is 26.2 Å². The fourth-order valence-corrected chi connectivity index (χ4v) is 3.63. The first kappa shape index (κ1) is 24.9. The van der Waals surface area contributed by atoms with Gasteiger partial charge in [0.15, 0.2) is 11.5 Å². The van der Waals surface area contributed by atoms with Crippen LogP contribution in [0, 0.1) is 6.92 Å². The third-order valence-electron chi connectivity index (χ3n) is 5.13. The van der Waals surface area contributed by atoms with Crippen LogP contribution in [0.1, 0.15) is 69.4 Å². The molecule has 6 nitrogen and oxygen atoms in total. The molecule has 0 saturated carbocycles. The van der Waals surface area contributed by atoms with Crippen molar-refractivity contribution < 1.29 is 28.5 Å². The normalized spacial score (nSPS) is 10.6. The van der Waals surface area contributed by atoms with E-state index in [1.807, 2.05) is 6.92 Å². The minimum absolute atomic E-state index is 0.191. The van der Waals surface area contributed by atoms with Crippen LogP contribution < -0.4 is 18.9 Å². The zero-order valence-electron chi connectivity index (χ0n) is 19.0. The molecule has 0 atom stereocenters. The van der Waals surface area contributed by atoms with Crippen molar-refractivity contribution in [2.75, 3.05) is 35.0 Å². The summed E-state index contributed by atoms with van der Waals surface area (Å²) < 4.78 is 27.2. The third kappa shape index (κ3) is 7.67. The summed E-state index contributed by atoms with van der Waals surface area (Å²) >= 11 is 0. The molecule has 0 N–H and O–H groups in total. The summed E-state index contributed by atoms with van der Waals surface area (Å²) in [6, 6.07) is 0. The Morgan fingerprint density at radius 2 is 1.10 bits per heavy atom. The second-order valence-corrected chi connectivity index (χ2v) is 7.16. The Morgan fingerprint density at radius 1 is 0.655 bits per heavy atom. The molecule has 0 aliphatic rings. The van der Waals surface area contributed by atoms with Crippen LogP contribution in [0.3, 0.4) is 0 Å². The van der Waals surface area contributed by atoms with Crippen LogP contribution in [0.4, 0.5) is 0 Å². The summed E-state index contributed by atoms with van der Waals surface area (Å²) in [6.07, 6.45) is 10.1. The fourth-order valence-electron chi connectivity index (χ4n) is 3.63. The van der Waals surface area contributed by atoms with Gasteiger partial charge in [0, 0.05) is 18.1 Å². The van der Waals surface area contributed by atoms with E-state index in [1.54, 1.807) is 28.4 Å². The van der Waals surface area contributed by atoms with E-state index < -0.39 is 0 Å². The third-order valence-corrected chi connectivity index (χ3v) is 5.13. The van der Waals surface area contributed by atoms with Gasteiger partial charge in [-0.2, -0.15) is 0 Å². The summed E-state index contributed by atoms with van der Waals surface area (Å²) in [6.45, 7) is 4.04. The molecule has 0 bridgehead atoms. The molecular formula is C23H38O6. The van der Waals surface area contributed by atoms with Crippen molar-refractivity contribution >= 4 is 5.97 Å². The molecule has 0 aliphatic carbocycles. The molecule has 0 heterocycles. The second-order valence-electron chi connectivity index (χ2n) is 7.16. The van der Waals surface area contributed by atoms with Crippen molar-refractivity contribution in [1.82, 2.24) is 0 Å². The zero-order chi connectivity index (χ0) is 21.6. The maximum atomic E-state index is 10.7. The molecule has 0 spiro atoms. The molecule has 0 fully saturated rings. The van der Waals surface area contributed by atoms with Gasteiger partial charge in [-0.25, -0.2) is 0 Å². The predicted molar refractivity (Wildman–Crippen MR) is 115 cm³/mol. The zero-order valence-corrected chi connectivity index (χ0v) is 19.0. The number of carbonyl (C=O) groups is 1. The van der Waals surface area contributed by atoms with Crippen LogP contribution in [0.15, 0.2) is 0 Å². The van der Waals surface area contributed by atoms with Crippen LogP contribution in [0.2, 0.25) is 0 Å². The van der Waals surface area contributed by atoms with Crippen LogP contribution in [0.25, 0.3) is 0 Å². The van der Waals surface area contributed by atoms with Gasteiger partial charge in [0.2, 0.25) is 11.5 Å². The van der Waals surface area contributed by atoms with E-state index in [1.165, 1.54) is 39.0 Å². The number of benzene rings is 1. The van der Waals surface area contributed by atoms with E-state index in [4.69, 9.17) is 23.7 Å². The van der Waals surface area contributed by atoms with Gasteiger partial charge in [-0.1, -0.05) is 38.5 Å². The highest BCUT2D eigenvalue weighted by Crippen LogP contribution is 2.49. The number of rotatable bonds is 15. The molecule has 166 valence electrons. The maximum absolute atomic E-state index is 10.7. The quantitative estimate of drug-likeness (QED) is 0.290. The molecular weight excluding hydrogens is 372 g/mol. The molecule has 0 aromatic heterocycles. The van der Waals surface area contributed by atoms with Crippen molar-refractivity contribution in [2.24, 2.45) is 0 Å². The average Bonchev–Trinajstić information content (AvgIpc) is 2.71. The van der Waals surface area contributed by atoms with E-state index in [0.29, 0.717) is 23.9 Å². The van der Waals surface area contributed by atoms with Gasteiger partial charge >= 0.3 is 5.97 Å². The van der Waals surface area contributed by atoms with E-state index >= 15 is 0 Å². The lowest BCUT2D eigenvalue weighted by molar-refractivity contribution is -0.141. The Hall–Kier alpha value is -2.11. The molecule has 6 heteroatoms. The standard InChI is InChI=1S/C23H38O6/c1-17-19(21(26-4)23(28-6)22(27-5)20(17)25-3)15-13-11-9-7-8-10-12-14-16-29-18(2)24/h7-16H2,1-6H3. The van der Waals surface area contributed by atoms with Crippen LogP contribution >= 0.6 is 0 Å². The summed E-state index contributed by atoms with van der Waals surface area (Å²) in [4.78, 5) is 10.7. The first-order valence-electron chi connectivity index (χ1n) is 10.5. The lowest BCUT2D eigenvalue weighted by atomic mass is 9.98. The lowest BCUT2D eigenvalue weighted by Gasteiger charge is -2.21. The van der Waals surface area contributed by atoms with Crippen molar-refractivity contribution in [1.29, 1.82) is 0 Å². The summed E-state index contributed by atoms with van der Waals surface area (Å²) in [5.41, 5.74) is 2.15. The number of esters is 1. The molecule has 0 radical (unpaired) electrons. The first-order chi connectivity index (χ1) is 14.0. The fraction of sp³-hybridized carbons (Fsp3) is 0.696. The van der Waals surface area contributed by atoms with Crippen molar-refractivity contribution in [3.63, 3.8) is 0 Å². The van der Waals surface area contributed by atoms with Crippen LogP contribution in [-0.4, -0.2) is 41.0 Å². The van der Waals surface area contributed by atoms with Gasteiger partial charge < -0.3 is 23.7 Å². The molecule has 0 amide bonds. The van der Waals surface area contributed by atoms with Crippen molar-refractivity contribution in [3.8, 4) is 23.0 Å². The molecule has 1 aromatic carbocycles. The number of carbonyl (C=O) groups excluding carboxylic acids is 1. The SMILES string of the molecule is COc1c(C)c(CCCCCCCCCCOC(C)=O)c(OC)c(OC)c1OC. The molecule has 29 heavy (non-hydrogen) atoms. The topological polar surface area (TPSA) is 63.2 Å². The minimum atomic E-state index is -0.191. The van der Waals surface area contributed by atoms with E-state index in [9.17, 15) is 4.79 Å². The number of ether oxygens (including phenoxy) is 5. The maximum Gasteiger partial charge on any atom is 0.302 e. The molecule has 0 saturated heterocycles. The molecule has 0 aliphatic heterocycles. The van der Waals surface area contributed by atoms with Gasteiger partial charge in [-0.15, -0.1) is 0 Å². The Bertz CT molecular complexity index is 627. The van der Waals surface area contributed by atoms with Crippen molar-refractivity contribution in [2.45, 2.75) is 71.6 Å². The number of hydrogen-bond donors (Lipinski definition) is 0. The highest BCUT2D eigenvalue weighted by molar-refractivity contribution is 5.67. The van der Waals surface area contributed by atoms with Gasteiger partial charge in [0.1, 0.15) is 0 Å². The van der Waals surface area contributed by atoms with Crippen LogP contribution in [0.5, 0.6) is 23.0 Å². The smallest absolute Gasteiger partial charge is 0.302 e. The molecule has 1 rings (SSSR count). The Balaban J connectivity index is 2.47. The van der Waals surface area contributed by atoms with E-state index in [0.717, 1.165) is 42.6 Å². The van der Waals surface area contributed by atoms with E-state index in [-0.39, 0.29) is 5.97 Å². The number of unbranched alkanes of at least 4 members (excludes halogenated alkanes) is 7. The highest BCUT2D eigenvalue weighted by atomic mass is 16.5. The summed E-state index contributed by atoms with van der Waals surface area (Å²) in [5.74, 6) is 2.40. The average molecular weight is 411 g/mol. The van der Waals surface area contributed by atoms with E-state index in [2.05, 4.69) is 0 Å². The molecule has 1 aromatic rings. The predicted octanol–water partition coefficient (Wildman–Crippen LogP) is 5.26. The minimum Gasteiger partial charge on any atom is -0.492 e. The van der Waals surface area contributed by atoms with Crippen molar-refractivity contribution in [3.05, 3.63) is 11.1 Å². The largest absolute Gasteiger partial charge is 0.492 e. The lowest BCUT2D eigenvalue weighted by Crippen LogP contribution is -2.05. The number of hydrogen-bond acceptors (Lipinski definition) is 6. The van der Waals surface area contributed by atoms with Gasteiger partial charge in [0.05, 0.1) is 35.0 Å². The first-order valence-corrected chi connectivity index (χ1v) is 10.5. The second kappa shape index (κ2) is 14.0. The summed E-state index contributed by atoms with van der Waals surface area (Å²) in [7, 11) is 6.53. The monoisotopic (exact) mass is 410 g/mol. The Kier molecular flexibility index (Phi) is 12.0. The molecule has 0 unspecified atom stereocenters.